The summed E-state index contributed by atoms with van der Waals surface area (Å²) in [5, 5.41) is 0. The number of para-hydroxylation sites is 1. The van der Waals surface area contributed by atoms with Crippen molar-refractivity contribution in [2.24, 2.45) is 0 Å². The first-order chi connectivity index (χ1) is 13.2. The number of Topliss-reactive ketones (excluding diaryl/α,β-unsaturated/α-hetero) is 1. The van der Waals surface area contributed by atoms with Crippen molar-refractivity contribution in [1.82, 2.24) is 4.98 Å². The summed E-state index contributed by atoms with van der Waals surface area (Å²) in [4.78, 5) is 16.4. The molecular weight excluding hydrogens is 374 g/mol. The Morgan fingerprint density at radius 3 is 2.32 bits per heavy atom. The van der Waals surface area contributed by atoms with Crippen molar-refractivity contribution in [3.63, 3.8) is 0 Å². The molecule has 0 saturated carbocycles. The Hall–Kier alpha value is -2.21. The summed E-state index contributed by atoms with van der Waals surface area (Å²) in [6.45, 7) is 5.15. The summed E-state index contributed by atoms with van der Waals surface area (Å²) in [6, 6.07) is 13.0. The summed E-state index contributed by atoms with van der Waals surface area (Å²) in [5.74, 6) is 1.52. The van der Waals surface area contributed by atoms with Crippen LogP contribution in [0.2, 0.25) is 0 Å². The van der Waals surface area contributed by atoms with E-state index in [1.165, 1.54) is 0 Å². The fourth-order valence-electron chi connectivity index (χ4n) is 2.60. The number of unbranched alkanes of at least 4 members (excludes halogenated alkanes) is 2. The SMILES string of the molecule is CC(C)(C)S(=O)(=O)CCCCCC(=O)Cc1ccc(Oc2ccccc2)nc1. The van der Waals surface area contributed by atoms with E-state index in [9.17, 15) is 13.2 Å². The molecule has 0 aliphatic heterocycles. The van der Waals surface area contributed by atoms with Crippen LogP contribution in [-0.4, -0.2) is 29.7 Å². The Kier molecular flexibility index (Phi) is 7.75. The van der Waals surface area contributed by atoms with Gasteiger partial charge in [0, 0.05) is 25.1 Å². The number of nitrogens with zero attached hydrogens (tertiary/aromatic N) is 1. The quantitative estimate of drug-likeness (QED) is 0.535. The van der Waals surface area contributed by atoms with Gasteiger partial charge in [-0.3, -0.25) is 4.79 Å². The number of benzene rings is 1. The Bertz CT molecular complexity index is 854. The number of ketones is 1. The maximum Gasteiger partial charge on any atom is 0.219 e. The minimum Gasteiger partial charge on any atom is -0.439 e. The van der Waals surface area contributed by atoms with Gasteiger partial charge in [-0.15, -0.1) is 0 Å². The Morgan fingerprint density at radius 2 is 1.71 bits per heavy atom. The van der Waals surface area contributed by atoms with Gasteiger partial charge >= 0.3 is 0 Å². The number of aromatic nitrogens is 1. The lowest BCUT2D eigenvalue weighted by Gasteiger charge is -2.18. The highest BCUT2D eigenvalue weighted by molar-refractivity contribution is 7.92. The molecule has 0 bridgehead atoms. The van der Waals surface area contributed by atoms with Crippen LogP contribution < -0.4 is 4.74 Å². The van der Waals surface area contributed by atoms with E-state index in [0.29, 0.717) is 37.3 Å². The molecule has 5 nitrogen and oxygen atoms in total. The van der Waals surface area contributed by atoms with Gasteiger partial charge in [0.15, 0.2) is 9.84 Å². The number of sulfone groups is 1. The lowest BCUT2D eigenvalue weighted by atomic mass is 10.1. The molecule has 0 aliphatic carbocycles. The van der Waals surface area contributed by atoms with E-state index in [1.807, 2.05) is 36.4 Å². The third-order valence-corrected chi connectivity index (χ3v) is 7.16. The van der Waals surface area contributed by atoms with E-state index in [4.69, 9.17) is 4.74 Å². The van der Waals surface area contributed by atoms with Crippen molar-refractivity contribution in [1.29, 1.82) is 0 Å². The standard InChI is InChI=1S/C22H29NO4S/c1-22(2,3)28(25,26)15-9-5-6-10-19(24)16-18-13-14-21(23-17-18)27-20-11-7-4-8-12-20/h4,7-8,11-14,17H,5-6,9-10,15-16H2,1-3H3. The molecule has 28 heavy (non-hydrogen) atoms. The molecule has 0 radical (unpaired) electrons. The van der Waals surface area contributed by atoms with Gasteiger partial charge in [-0.25, -0.2) is 13.4 Å². The van der Waals surface area contributed by atoms with Crippen molar-refractivity contribution in [2.75, 3.05) is 5.75 Å². The van der Waals surface area contributed by atoms with Crippen LogP contribution in [0.15, 0.2) is 48.7 Å². The van der Waals surface area contributed by atoms with Gasteiger partial charge < -0.3 is 4.74 Å². The van der Waals surface area contributed by atoms with Crippen LogP contribution >= 0.6 is 0 Å². The van der Waals surface area contributed by atoms with Gasteiger partial charge in [-0.1, -0.05) is 30.7 Å². The molecule has 0 N–H and O–H groups in total. The molecule has 6 heteroatoms. The molecule has 1 heterocycles. The van der Waals surface area contributed by atoms with E-state index in [-0.39, 0.29) is 11.5 Å². The number of rotatable bonds is 10. The van der Waals surface area contributed by atoms with Crippen LogP contribution in [0.25, 0.3) is 0 Å². The van der Waals surface area contributed by atoms with Crippen LogP contribution in [0.1, 0.15) is 52.0 Å². The minimum atomic E-state index is -3.08. The fraction of sp³-hybridized carbons (Fsp3) is 0.455. The smallest absolute Gasteiger partial charge is 0.219 e. The van der Waals surface area contributed by atoms with Gasteiger partial charge in [0.2, 0.25) is 5.88 Å². The monoisotopic (exact) mass is 403 g/mol. The summed E-state index contributed by atoms with van der Waals surface area (Å²) >= 11 is 0. The highest BCUT2D eigenvalue weighted by Gasteiger charge is 2.27. The van der Waals surface area contributed by atoms with E-state index >= 15 is 0 Å². The minimum absolute atomic E-state index is 0.136. The van der Waals surface area contributed by atoms with Gasteiger partial charge in [-0.2, -0.15) is 0 Å². The predicted octanol–water partition coefficient (Wildman–Crippen LogP) is 4.76. The van der Waals surface area contributed by atoms with E-state index in [1.54, 1.807) is 33.0 Å². The number of pyridine rings is 1. The number of carbonyl (C=O) groups is 1. The maximum atomic E-state index is 12.1. The van der Waals surface area contributed by atoms with Crippen molar-refractivity contribution >= 4 is 15.6 Å². The molecule has 0 fully saturated rings. The molecule has 1 aromatic carbocycles. The van der Waals surface area contributed by atoms with Crippen molar-refractivity contribution in [2.45, 2.75) is 57.6 Å². The zero-order chi connectivity index (χ0) is 20.6. The van der Waals surface area contributed by atoms with Crippen LogP contribution in [0.3, 0.4) is 0 Å². The number of hydrogen-bond acceptors (Lipinski definition) is 5. The molecule has 0 atom stereocenters. The molecule has 0 saturated heterocycles. The third kappa shape index (κ3) is 7.08. The van der Waals surface area contributed by atoms with E-state index in [2.05, 4.69) is 4.98 Å². The van der Waals surface area contributed by atoms with E-state index < -0.39 is 14.6 Å². The van der Waals surface area contributed by atoms with Crippen molar-refractivity contribution in [3.8, 4) is 11.6 Å². The van der Waals surface area contributed by atoms with Gasteiger partial charge in [0.25, 0.3) is 0 Å². The molecule has 0 amide bonds. The normalized spacial score (nSPS) is 12.0. The third-order valence-electron chi connectivity index (χ3n) is 4.47. The largest absolute Gasteiger partial charge is 0.439 e. The molecule has 1 aromatic heterocycles. The fourth-order valence-corrected chi connectivity index (χ4v) is 3.79. The second-order valence-corrected chi connectivity index (χ2v) is 10.7. The van der Waals surface area contributed by atoms with E-state index in [0.717, 1.165) is 12.0 Å². The lowest BCUT2D eigenvalue weighted by molar-refractivity contribution is -0.118. The van der Waals surface area contributed by atoms with Crippen LogP contribution in [-0.2, 0) is 21.1 Å². The molecular formula is C22H29NO4S. The van der Waals surface area contributed by atoms with Crippen LogP contribution in [0.4, 0.5) is 0 Å². The van der Waals surface area contributed by atoms with Gasteiger partial charge in [-0.05, 0) is 51.3 Å². The average Bonchev–Trinajstić information content (AvgIpc) is 2.63. The highest BCUT2D eigenvalue weighted by Crippen LogP contribution is 2.20. The summed E-state index contributed by atoms with van der Waals surface area (Å²) < 4.78 is 29.0. The lowest BCUT2D eigenvalue weighted by Crippen LogP contribution is -2.30. The number of carbonyl (C=O) groups excluding carboxylic acids is 1. The summed E-state index contributed by atoms with van der Waals surface area (Å²) in [6.07, 6.45) is 4.49. The first-order valence-corrected chi connectivity index (χ1v) is 11.2. The van der Waals surface area contributed by atoms with Gasteiger partial charge in [0.1, 0.15) is 11.5 Å². The maximum absolute atomic E-state index is 12.1. The molecule has 152 valence electrons. The predicted molar refractivity (Wildman–Crippen MR) is 111 cm³/mol. The number of hydrogen-bond donors (Lipinski definition) is 0. The zero-order valence-corrected chi connectivity index (χ0v) is 17.7. The summed E-state index contributed by atoms with van der Waals surface area (Å²) in [5.41, 5.74) is 0.848. The Morgan fingerprint density at radius 1 is 1.00 bits per heavy atom. The second-order valence-electron chi connectivity index (χ2n) is 7.88. The number of ether oxygens (including phenoxy) is 1. The topological polar surface area (TPSA) is 73.3 Å². The molecule has 0 spiro atoms. The Labute approximate surface area is 168 Å². The molecule has 2 aromatic rings. The van der Waals surface area contributed by atoms with Crippen LogP contribution in [0, 0.1) is 0 Å². The second kappa shape index (κ2) is 9.82. The molecule has 2 rings (SSSR count). The first-order valence-electron chi connectivity index (χ1n) is 9.59. The Balaban J connectivity index is 1.70. The van der Waals surface area contributed by atoms with Crippen LogP contribution in [0.5, 0.6) is 11.6 Å². The molecule has 0 unspecified atom stereocenters. The average molecular weight is 404 g/mol. The zero-order valence-electron chi connectivity index (χ0n) is 16.8. The highest BCUT2D eigenvalue weighted by atomic mass is 32.2. The van der Waals surface area contributed by atoms with Crippen molar-refractivity contribution < 1.29 is 17.9 Å². The van der Waals surface area contributed by atoms with Gasteiger partial charge in [0.05, 0.1) is 10.5 Å². The molecule has 0 aliphatic rings. The summed E-state index contributed by atoms with van der Waals surface area (Å²) in [7, 11) is -3.08. The first kappa shape index (κ1) is 22.1. The van der Waals surface area contributed by atoms with Crippen molar-refractivity contribution in [3.05, 3.63) is 54.2 Å².